The molecule has 5 heteroatoms. The number of hydrogen-bond donors (Lipinski definition) is 1. The number of carbonyl (C=O) groups excluding carboxylic acids is 1. The molecular weight excluding hydrogens is 298 g/mol. The van der Waals surface area contributed by atoms with Gasteiger partial charge in [0.05, 0.1) is 11.2 Å². The lowest BCUT2D eigenvalue weighted by Gasteiger charge is -2.28. The van der Waals surface area contributed by atoms with E-state index in [0.717, 1.165) is 4.90 Å². The summed E-state index contributed by atoms with van der Waals surface area (Å²) in [5, 5.41) is 9.52. The average Bonchev–Trinajstić information content (AvgIpc) is 2.93. The molecule has 0 bridgehead atoms. The number of hydrogen-bond acceptors (Lipinski definition) is 3. The van der Waals surface area contributed by atoms with Crippen LogP contribution in [0.1, 0.15) is 25.8 Å². The standard InChI is InChI=1S/C17H23NO3S/c1-12(2)17(16(20)21)8-9-18(11-17)15(19)10-22-14-6-4-13(3)5-7-14/h4-7,12H,8-11H2,1-3H3,(H,20,21). The highest BCUT2D eigenvalue weighted by atomic mass is 32.2. The summed E-state index contributed by atoms with van der Waals surface area (Å²) in [4.78, 5) is 26.7. The molecule has 0 spiro atoms. The molecule has 1 fully saturated rings. The molecule has 1 saturated heterocycles. The molecule has 1 aromatic carbocycles. The first-order valence-corrected chi connectivity index (χ1v) is 8.54. The molecule has 1 heterocycles. The maximum Gasteiger partial charge on any atom is 0.311 e. The van der Waals surface area contributed by atoms with Crippen LogP contribution in [0.15, 0.2) is 29.2 Å². The van der Waals surface area contributed by atoms with Crippen molar-refractivity contribution in [2.24, 2.45) is 11.3 Å². The van der Waals surface area contributed by atoms with E-state index in [0.29, 0.717) is 25.3 Å². The smallest absolute Gasteiger partial charge is 0.311 e. The largest absolute Gasteiger partial charge is 0.481 e. The molecule has 0 radical (unpaired) electrons. The predicted octanol–water partition coefficient (Wildman–Crippen LogP) is 3.05. The van der Waals surface area contributed by atoms with Crippen molar-refractivity contribution in [2.75, 3.05) is 18.8 Å². The Balaban J connectivity index is 1.94. The van der Waals surface area contributed by atoms with Crippen LogP contribution in [0.25, 0.3) is 0 Å². The zero-order chi connectivity index (χ0) is 16.3. The monoisotopic (exact) mass is 321 g/mol. The first-order valence-electron chi connectivity index (χ1n) is 7.56. The predicted molar refractivity (Wildman–Crippen MR) is 88.0 cm³/mol. The number of carbonyl (C=O) groups is 2. The summed E-state index contributed by atoms with van der Waals surface area (Å²) in [6.07, 6.45) is 0.543. The summed E-state index contributed by atoms with van der Waals surface area (Å²) in [5.41, 5.74) is 0.405. The molecule has 0 aliphatic carbocycles. The molecule has 1 unspecified atom stereocenters. The van der Waals surface area contributed by atoms with Crippen LogP contribution < -0.4 is 0 Å². The minimum atomic E-state index is -0.788. The second kappa shape index (κ2) is 6.73. The van der Waals surface area contributed by atoms with Crippen molar-refractivity contribution in [1.82, 2.24) is 4.90 Å². The van der Waals surface area contributed by atoms with Crippen LogP contribution in [0.5, 0.6) is 0 Å². The van der Waals surface area contributed by atoms with Crippen molar-refractivity contribution in [2.45, 2.75) is 32.1 Å². The summed E-state index contributed by atoms with van der Waals surface area (Å²) in [6, 6.07) is 8.06. The summed E-state index contributed by atoms with van der Waals surface area (Å²) in [7, 11) is 0. The number of aryl methyl sites for hydroxylation is 1. The van der Waals surface area contributed by atoms with Gasteiger partial charge in [-0.05, 0) is 31.4 Å². The third kappa shape index (κ3) is 3.46. The molecule has 1 N–H and O–H groups in total. The molecule has 22 heavy (non-hydrogen) atoms. The molecule has 4 nitrogen and oxygen atoms in total. The second-order valence-electron chi connectivity index (χ2n) is 6.28. The van der Waals surface area contributed by atoms with Crippen LogP contribution >= 0.6 is 11.8 Å². The molecule has 1 atom stereocenters. The highest BCUT2D eigenvalue weighted by Crippen LogP contribution is 2.38. The Labute approximate surface area is 135 Å². The van der Waals surface area contributed by atoms with Gasteiger partial charge in [0.1, 0.15) is 0 Å². The van der Waals surface area contributed by atoms with Crippen molar-refractivity contribution in [3.8, 4) is 0 Å². The zero-order valence-corrected chi connectivity index (χ0v) is 14.2. The maximum absolute atomic E-state index is 12.3. The van der Waals surface area contributed by atoms with Gasteiger partial charge in [-0.1, -0.05) is 31.5 Å². The van der Waals surface area contributed by atoms with Gasteiger partial charge < -0.3 is 10.0 Å². The molecule has 1 aliphatic heterocycles. The normalized spacial score (nSPS) is 21.4. The Kier molecular flexibility index (Phi) is 5.16. The number of benzene rings is 1. The van der Waals surface area contributed by atoms with E-state index in [-0.39, 0.29) is 11.8 Å². The van der Waals surface area contributed by atoms with Crippen LogP contribution in [0, 0.1) is 18.3 Å². The quantitative estimate of drug-likeness (QED) is 0.847. The molecule has 1 amide bonds. The third-order valence-corrected chi connectivity index (χ3v) is 5.56. The molecule has 1 aromatic rings. The minimum absolute atomic E-state index is 0.0209. The van der Waals surface area contributed by atoms with Crippen LogP contribution in [0.2, 0.25) is 0 Å². The first-order chi connectivity index (χ1) is 10.3. The van der Waals surface area contributed by atoms with E-state index in [2.05, 4.69) is 0 Å². The number of likely N-dealkylation sites (tertiary alicyclic amines) is 1. The van der Waals surface area contributed by atoms with Crippen LogP contribution in [0.4, 0.5) is 0 Å². The lowest BCUT2D eigenvalue weighted by molar-refractivity contribution is -0.151. The van der Waals surface area contributed by atoms with Gasteiger partial charge >= 0.3 is 5.97 Å². The average molecular weight is 321 g/mol. The summed E-state index contributed by atoms with van der Waals surface area (Å²) < 4.78 is 0. The van der Waals surface area contributed by atoms with Crippen LogP contribution in [-0.4, -0.2) is 40.7 Å². The van der Waals surface area contributed by atoms with Crippen molar-refractivity contribution >= 4 is 23.6 Å². The molecule has 120 valence electrons. The van der Waals surface area contributed by atoms with E-state index in [1.165, 1.54) is 17.3 Å². The number of amides is 1. The lowest BCUT2D eigenvalue weighted by Crippen LogP contribution is -2.41. The summed E-state index contributed by atoms with van der Waals surface area (Å²) >= 11 is 1.50. The van der Waals surface area contributed by atoms with Gasteiger partial charge in [-0.15, -0.1) is 11.8 Å². The Morgan fingerprint density at radius 2 is 1.95 bits per heavy atom. The van der Waals surface area contributed by atoms with Gasteiger partial charge in [-0.3, -0.25) is 9.59 Å². The van der Waals surface area contributed by atoms with E-state index in [1.807, 2.05) is 45.0 Å². The SMILES string of the molecule is Cc1ccc(SCC(=O)N2CCC(C(=O)O)(C(C)C)C2)cc1. The van der Waals surface area contributed by atoms with Crippen molar-refractivity contribution < 1.29 is 14.7 Å². The van der Waals surface area contributed by atoms with Gasteiger partial charge in [0, 0.05) is 18.0 Å². The first kappa shape index (κ1) is 16.9. The Hall–Kier alpha value is -1.49. The van der Waals surface area contributed by atoms with E-state index in [4.69, 9.17) is 0 Å². The number of aliphatic carboxylic acids is 1. The van der Waals surface area contributed by atoms with Gasteiger partial charge in [0.15, 0.2) is 0 Å². The highest BCUT2D eigenvalue weighted by molar-refractivity contribution is 8.00. The van der Waals surface area contributed by atoms with Crippen molar-refractivity contribution in [3.05, 3.63) is 29.8 Å². The fraction of sp³-hybridized carbons (Fsp3) is 0.529. The number of thioether (sulfide) groups is 1. The topological polar surface area (TPSA) is 57.6 Å². The van der Waals surface area contributed by atoms with Gasteiger partial charge in [-0.25, -0.2) is 0 Å². The number of carboxylic acids is 1. The highest BCUT2D eigenvalue weighted by Gasteiger charge is 2.48. The molecule has 1 aliphatic rings. The Bertz CT molecular complexity index is 556. The van der Waals surface area contributed by atoms with E-state index >= 15 is 0 Å². The van der Waals surface area contributed by atoms with Crippen LogP contribution in [-0.2, 0) is 9.59 Å². The molecule has 2 rings (SSSR count). The van der Waals surface area contributed by atoms with Gasteiger partial charge in [0.25, 0.3) is 0 Å². The molecule has 0 aromatic heterocycles. The van der Waals surface area contributed by atoms with Crippen LogP contribution in [0.3, 0.4) is 0 Å². The second-order valence-corrected chi connectivity index (χ2v) is 7.33. The Morgan fingerprint density at radius 1 is 1.32 bits per heavy atom. The van der Waals surface area contributed by atoms with Gasteiger partial charge in [-0.2, -0.15) is 0 Å². The van der Waals surface area contributed by atoms with E-state index in [9.17, 15) is 14.7 Å². The Morgan fingerprint density at radius 3 is 2.45 bits per heavy atom. The number of nitrogens with zero attached hydrogens (tertiary/aromatic N) is 1. The zero-order valence-electron chi connectivity index (χ0n) is 13.3. The van der Waals surface area contributed by atoms with E-state index < -0.39 is 11.4 Å². The summed E-state index contributed by atoms with van der Waals surface area (Å²) in [6.45, 7) is 6.73. The third-order valence-electron chi connectivity index (χ3n) is 4.57. The number of rotatable bonds is 5. The van der Waals surface area contributed by atoms with Gasteiger partial charge in [0.2, 0.25) is 5.91 Å². The van der Waals surface area contributed by atoms with Crippen molar-refractivity contribution in [1.29, 1.82) is 0 Å². The van der Waals surface area contributed by atoms with Crippen molar-refractivity contribution in [3.63, 3.8) is 0 Å². The number of carboxylic acid groups (broad SMARTS) is 1. The fourth-order valence-corrected chi connectivity index (χ4v) is 3.61. The lowest BCUT2D eigenvalue weighted by atomic mass is 9.76. The van der Waals surface area contributed by atoms with E-state index in [1.54, 1.807) is 4.90 Å². The molecular formula is C17H23NO3S. The fourth-order valence-electron chi connectivity index (χ4n) is 2.81. The maximum atomic E-state index is 12.3. The molecule has 0 saturated carbocycles. The minimum Gasteiger partial charge on any atom is -0.481 e. The summed E-state index contributed by atoms with van der Waals surface area (Å²) in [5.74, 6) is -0.387.